The fourth-order valence-electron chi connectivity index (χ4n) is 8.94. The van der Waals surface area contributed by atoms with Gasteiger partial charge in [-0.2, -0.15) is 10.4 Å². The van der Waals surface area contributed by atoms with Gasteiger partial charge in [-0.05, 0) is 98.2 Å². The normalized spacial score (nSPS) is 36.7. The quantitative estimate of drug-likeness (QED) is 0.395. The highest BCUT2D eigenvalue weighted by molar-refractivity contribution is 5.21. The lowest BCUT2D eigenvalue weighted by Crippen LogP contribution is -2.48. The number of hydrogen-bond acceptors (Lipinski definition) is 3. The minimum Gasteiger partial charge on any atom is -0.396 e. The van der Waals surface area contributed by atoms with Crippen molar-refractivity contribution in [1.82, 2.24) is 9.78 Å². The van der Waals surface area contributed by atoms with Crippen LogP contribution < -0.4 is 0 Å². The third-order valence-electron chi connectivity index (χ3n) is 10.4. The van der Waals surface area contributed by atoms with E-state index in [1.165, 1.54) is 70.6 Å². The summed E-state index contributed by atoms with van der Waals surface area (Å²) in [5.74, 6) is 5.79. The van der Waals surface area contributed by atoms with Gasteiger partial charge in [0.15, 0.2) is 0 Å². The van der Waals surface area contributed by atoms with Gasteiger partial charge in [-0.3, -0.25) is 4.68 Å². The first-order chi connectivity index (χ1) is 16.0. The maximum absolute atomic E-state index is 9.59. The van der Waals surface area contributed by atoms with Gasteiger partial charge in [0.25, 0.3) is 0 Å². The van der Waals surface area contributed by atoms with Crippen molar-refractivity contribution in [2.24, 2.45) is 46.8 Å². The lowest BCUT2D eigenvalue weighted by Gasteiger charge is -2.55. The van der Waals surface area contributed by atoms with E-state index in [0.29, 0.717) is 23.5 Å². The smallest absolute Gasteiger partial charge is 0.102 e. The third-order valence-corrected chi connectivity index (χ3v) is 10.4. The molecule has 4 rings (SSSR count). The van der Waals surface area contributed by atoms with E-state index in [1.807, 2.05) is 10.9 Å². The van der Waals surface area contributed by atoms with Crippen LogP contribution in [0.2, 0.25) is 0 Å². The van der Waals surface area contributed by atoms with Crippen molar-refractivity contribution < 1.29 is 5.11 Å². The van der Waals surface area contributed by atoms with Crippen molar-refractivity contribution >= 4 is 0 Å². The highest BCUT2D eigenvalue weighted by Crippen LogP contribution is 2.65. The van der Waals surface area contributed by atoms with Crippen LogP contribution in [0.3, 0.4) is 0 Å². The lowest BCUT2D eigenvalue weighted by atomic mass is 9.50. The molecule has 1 heterocycles. The second-order valence-corrected chi connectivity index (χ2v) is 12.1. The summed E-state index contributed by atoms with van der Waals surface area (Å²) in [4.78, 5) is 0. The zero-order valence-electron chi connectivity index (χ0n) is 21.4. The Morgan fingerprint density at radius 1 is 1.15 bits per heavy atom. The molecule has 4 heteroatoms. The van der Waals surface area contributed by atoms with Gasteiger partial charge in [0.2, 0.25) is 0 Å². The van der Waals surface area contributed by atoms with Gasteiger partial charge >= 0.3 is 0 Å². The summed E-state index contributed by atoms with van der Waals surface area (Å²) in [5, 5.41) is 23.2. The molecule has 3 saturated carbocycles. The summed E-state index contributed by atoms with van der Waals surface area (Å²) in [6.45, 7) is 8.65. The second kappa shape index (κ2) is 10.9. The number of aromatic nitrogens is 2. The molecular formula is C29H47N3O. The highest BCUT2D eigenvalue weighted by atomic mass is 16.2. The van der Waals surface area contributed by atoms with E-state index in [-0.39, 0.29) is 0 Å². The molecule has 0 aliphatic heterocycles. The number of fused-ring (bicyclic) bond motifs is 3. The zero-order valence-corrected chi connectivity index (χ0v) is 21.4. The number of nitrogens with zero attached hydrogens (tertiary/aromatic N) is 3. The molecule has 3 aliphatic rings. The number of nitriles is 1. The standard InChI is InChI=1S/C29H47N3O/c1-4-5-6-8-23-10-11-26-25(24(23)9-7-16-33)14-15-29(3)27(12-13-28(26)29)21(2)19-32-20-22(17-30)18-31-32/h18,20-21,23-28,33H,4-16,19H2,1-3H3/t21-,23-,24-,25+,26+,27?,28-,29+/m0/s1. The topological polar surface area (TPSA) is 61.8 Å². The Hall–Kier alpha value is -1.34. The summed E-state index contributed by atoms with van der Waals surface area (Å²) < 4.78 is 2.00. The Bertz CT molecular complexity index is 797. The van der Waals surface area contributed by atoms with Gasteiger partial charge in [-0.1, -0.05) is 46.5 Å². The predicted molar refractivity (Wildman–Crippen MR) is 133 cm³/mol. The van der Waals surface area contributed by atoms with Crippen LogP contribution in [0.1, 0.15) is 103 Å². The van der Waals surface area contributed by atoms with Gasteiger partial charge < -0.3 is 5.11 Å². The summed E-state index contributed by atoms with van der Waals surface area (Å²) >= 11 is 0. The van der Waals surface area contributed by atoms with Crippen molar-refractivity contribution in [2.75, 3.05) is 6.61 Å². The van der Waals surface area contributed by atoms with Crippen LogP contribution in [-0.4, -0.2) is 21.5 Å². The van der Waals surface area contributed by atoms with Gasteiger partial charge in [-0.15, -0.1) is 0 Å². The van der Waals surface area contributed by atoms with E-state index < -0.39 is 0 Å². The van der Waals surface area contributed by atoms with Crippen molar-refractivity contribution in [3.05, 3.63) is 18.0 Å². The number of rotatable bonds is 10. The minimum absolute atomic E-state index is 0.358. The summed E-state index contributed by atoms with van der Waals surface area (Å²) in [6.07, 6.45) is 19.8. The average molecular weight is 454 g/mol. The molecule has 0 saturated heterocycles. The number of unbranched alkanes of at least 4 members (excludes halogenated alkanes) is 2. The Morgan fingerprint density at radius 3 is 2.73 bits per heavy atom. The molecule has 33 heavy (non-hydrogen) atoms. The van der Waals surface area contributed by atoms with Crippen molar-refractivity contribution in [1.29, 1.82) is 5.26 Å². The SMILES string of the molecule is CCCCC[C@H]1CC[C@@H]2[C@H](CC[C@]3(C)C([C@@H](C)Cn4cc(C#N)cn4)CC[C@@H]23)[C@H]1CCCO. The number of aliphatic hydroxyl groups excluding tert-OH is 1. The van der Waals surface area contributed by atoms with Crippen molar-refractivity contribution in [2.45, 2.75) is 104 Å². The molecule has 0 spiro atoms. The maximum Gasteiger partial charge on any atom is 0.102 e. The highest BCUT2D eigenvalue weighted by Gasteiger charge is 2.57. The molecule has 3 aliphatic carbocycles. The first-order valence-corrected chi connectivity index (χ1v) is 14.0. The third kappa shape index (κ3) is 5.04. The Labute approximate surface area is 202 Å². The van der Waals surface area contributed by atoms with E-state index in [9.17, 15) is 5.11 Å². The molecule has 0 amide bonds. The molecule has 0 aromatic carbocycles. The molecule has 0 radical (unpaired) electrons. The maximum atomic E-state index is 9.59. The fraction of sp³-hybridized carbons (Fsp3) is 0.862. The Morgan fingerprint density at radius 2 is 2.00 bits per heavy atom. The lowest BCUT2D eigenvalue weighted by molar-refractivity contribution is -0.0645. The molecule has 1 aromatic rings. The molecule has 1 N–H and O–H groups in total. The molecule has 184 valence electrons. The van der Waals surface area contributed by atoms with E-state index in [0.717, 1.165) is 48.5 Å². The van der Waals surface area contributed by atoms with E-state index in [1.54, 1.807) is 6.20 Å². The van der Waals surface area contributed by atoms with Gasteiger partial charge in [0.1, 0.15) is 6.07 Å². The van der Waals surface area contributed by atoms with Crippen LogP contribution in [0.4, 0.5) is 0 Å². The van der Waals surface area contributed by atoms with E-state index in [4.69, 9.17) is 5.26 Å². The predicted octanol–water partition coefficient (Wildman–Crippen LogP) is 6.83. The molecule has 1 unspecified atom stereocenters. The summed E-state index contributed by atoms with van der Waals surface area (Å²) in [5.41, 5.74) is 1.13. The van der Waals surface area contributed by atoms with E-state index >= 15 is 0 Å². The van der Waals surface area contributed by atoms with Gasteiger partial charge in [0.05, 0.1) is 11.8 Å². The number of hydrogen-bond donors (Lipinski definition) is 1. The molecule has 0 bridgehead atoms. The molecular weight excluding hydrogens is 406 g/mol. The minimum atomic E-state index is 0.358. The fourth-order valence-corrected chi connectivity index (χ4v) is 8.94. The Balaban J connectivity index is 1.45. The first-order valence-electron chi connectivity index (χ1n) is 14.0. The molecule has 8 atom stereocenters. The van der Waals surface area contributed by atoms with Crippen LogP contribution in [0.25, 0.3) is 0 Å². The van der Waals surface area contributed by atoms with Crippen LogP contribution in [0.15, 0.2) is 12.4 Å². The van der Waals surface area contributed by atoms with E-state index in [2.05, 4.69) is 31.9 Å². The second-order valence-electron chi connectivity index (χ2n) is 12.1. The van der Waals surface area contributed by atoms with Gasteiger partial charge in [0, 0.05) is 19.3 Å². The Kier molecular flexibility index (Phi) is 8.21. The number of aliphatic hydroxyl groups is 1. The molecule has 1 aromatic heterocycles. The molecule has 4 nitrogen and oxygen atoms in total. The van der Waals surface area contributed by atoms with Gasteiger partial charge in [-0.25, -0.2) is 0 Å². The monoisotopic (exact) mass is 453 g/mol. The summed E-state index contributed by atoms with van der Waals surface area (Å²) in [7, 11) is 0. The van der Waals surface area contributed by atoms with Crippen LogP contribution in [0, 0.1) is 58.2 Å². The van der Waals surface area contributed by atoms with Crippen LogP contribution >= 0.6 is 0 Å². The van der Waals surface area contributed by atoms with Crippen LogP contribution in [-0.2, 0) is 6.54 Å². The largest absolute Gasteiger partial charge is 0.396 e. The zero-order chi connectivity index (χ0) is 23.4. The average Bonchev–Trinajstić information content (AvgIpc) is 3.41. The first kappa shape index (κ1) is 24.8. The van der Waals surface area contributed by atoms with Crippen molar-refractivity contribution in [3.8, 4) is 6.07 Å². The van der Waals surface area contributed by atoms with Crippen molar-refractivity contribution in [3.63, 3.8) is 0 Å². The summed E-state index contributed by atoms with van der Waals surface area (Å²) in [6, 6.07) is 2.21. The van der Waals surface area contributed by atoms with Crippen LogP contribution in [0.5, 0.6) is 0 Å². The molecule has 3 fully saturated rings.